The summed E-state index contributed by atoms with van der Waals surface area (Å²) in [4.78, 5) is 42.3. The molecule has 4 N–H and O–H groups in total. The molecule has 0 radical (unpaired) electrons. The summed E-state index contributed by atoms with van der Waals surface area (Å²) in [6, 6.07) is 0. The molecular formula is C16H19F4N5O6. The van der Waals surface area contributed by atoms with Crippen molar-refractivity contribution < 1.29 is 37.3 Å². The predicted molar refractivity (Wildman–Crippen MR) is 96.1 cm³/mol. The number of aliphatic hydroxyl groups is 2. The summed E-state index contributed by atoms with van der Waals surface area (Å²) in [6.07, 6.45) is -14.0. The van der Waals surface area contributed by atoms with Crippen molar-refractivity contribution in [1.82, 2.24) is 19.1 Å². The van der Waals surface area contributed by atoms with Gasteiger partial charge in [0.1, 0.15) is 18.8 Å². The lowest BCUT2D eigenvalue weighted by molar-refractivity contribution is -0.140. The molecule has 0 unspecified atom stereocenters. The summed E-state index contributed by atoms with van der Waals surface area (Å²) < 4.78 is 59.4. The molecule has 1 amide bonds. The van der Waals surface area contributed by atoms with E-state index in [0.717, 1.165) is 6.92 Å². The first-order valence-electron chi connectivity index (χ1n) is 9.10. The van der Waals surface area contributed by atoms with Crippen LogP contribution < -0.4 is 16.6 Å². The minimum absolute atomic E-state index is 0.0276. The number of carbonyl (C=O) groups excluding carboxylic acids is 1. The fourth-order valence-electron chi connectivity index (χ4n) is 3.38. The number of nitrogens with one attached hydrogen (secondary N) is 2. The second-order valence-corrected chi connectivity index (χ2v) is 7.02. The molecule has 3 rings (SSSR count). The third-order valence-electron chi connectivity index (χ3n) is 4.72. The Morgan fingerprint density at radius 3 is 2.58 bits per heavy atom. The van der Waals surface area contributed by atoms with Gasteiger partial charge in [0.25, 0.3) is 5.56 Å². The zero-order chi connectivity index (χ0) is 23.2. The Hall–Kier alpha value is -2.78. The summed E-state index contributed by atoms with van der Waals surface area (Å²) in [5.41, 5.74) is -4.14. The molecule has 0 aromatic carbocycles. The number of hydrogen-bond acceptors (Lipinski definition) is 7. The summed E-state index contributed by atoms with van der Waals surface area (Å²) in [7, 11) is 0. The number of aliphatic hydroxyl groups excluding tert-OH is 2. The van der Waals surface area contributed by atoms with Crippen LogP contribution in [-0.4, -0.2) is 65.9 Å². The van der Waals surface area contributed by atoms with E-state index in [9.17, 15) is 42.2 Å². The van der Waals surface area contributed by atoms with Crippen molar-refractivity contribution in [3.05, 3.63) is 20.8 Å². The van der Waals surface area contributed by atoms with Crippen LogP contribution in [0.3, 0.4) is 0 Å². The van der Waals surface area contributed by atoms with Crippen molar-refractivity contribution in [2.75, 3.05) is 5.32 Å². The molecule has 0 aliphatic carbocycles. The largest absolute Gasteiger partial charge is 0.406 e. The van der Waals surface area contributed by atoms with Crippen molar-refractivity contribution in [3.8, 4) is 0 Å². The number of amides is 1. The monoisotopic (exact) mass is 453 g/mol. The first kappa shape index (κ1) is 22.9. The van der Waals surface area contributed by atoms with Crippen LogP contribution in [0.5, 0.6) is 0 Å². The smallest absolute Gasteiger partial charge is 0.390 e. The summed E-state index contributed by atoms with van der Waals surface area (Å²) >= 11 is 0. The molecule has 11 nitrogen and oxygen atoms in total. The van der Waals surface area contributed by atoms with Crippen molar-refractivity contribution >= 4 is 23.0 Å². The van der Waals surface area contributed by atoms with Gasteiger partial charge in [-0.2, -0.15) is 18.2 Å². The summed E-state index contributed by atoms with van der Waals surface area (Å²) in [5, 5.41) is 22.3. The molecule has 0 bridgehead atoms. The molecule has 3 heterocycles. The Bertz CT molecular complexity index is 1110. The van der Waals surface area contributed by atoms with Gasteiger partial charge in [-0.05, 0) is 6.42 Å². The Balaban J connectivity index is 2.26. The molecule has 31 heavy (non-hydrogen) atoms. The molecule has 0 spiro atoms. The molecule has 2 aromatic heterocycles. The van der Waals surface area contributed by atoms with Crippen molar-refractivity contribution in [2.24, 2.45) is 0 Å². The SMILES string of the molecule is CC[C@H](O)[C@H]1O[C@@H](n2c(=O)n(CC(F)(F)F)c3c(=O)[nH]c(NC(C)=O)nc32)[C@H](O)[C@H]1F. The predicted octanol–water partition coefficient (Wildman–Crippen LogP) is -0.226. The number of alkyl halides is 4. The number of nitrogens with zero attached hydrogens (tertiary/aromatic N) is 3. The highest BCUT2D eigenvalue weighted by molar-refractivity contribution is 5.87. The fourth-order valence-corrected chi connectivity index (χ4v) is 3.38. The van der Waals surface area contributed by atoms with Crippen LogP contribution in [0.1, 0.15) is 26.5 Å². The highest BCUT2D eigenvalue weighted by atomic mass is 19.4. The standard InChI is InChI=1S/C16H19F4N5O6/c1-3-6(27)10-7(17)9(28)13(31-10)25-11-8(24(15(25)30)4-16(18,19)20)12(29)23-14(22-11)21-5(2)26/h6-7,9-10,13,27-28H,3-4H2,1-2H3,(H2,21,22,23,26,29)/t6-,7+,9+,10+,13+/m0/s1. The van der Waals surface area contributed by atoms with Gasteiger partial charge in [0.2, 0.25) is 11.9 Å². The first-order valence-corrected chi connectivity index (χ1v) is 9.10. The van der Waals surface area contributed by atoms with Crippen LogP contribution in [0.2, 0.25) is 0 Å². The van der Waals surface area contributed by atoms with Crippen molar-refractivity contribution in [1.29, 1.82) is 0 Å². The van der Waals surface area contributed by atoms with E-state index in [1.165, 1.54) is 6.92 Å². The average molecular weight is 453 g/mol. The quantitative estimate of drug-likeness (QED) is 0.457. The number of aromatic nitrogens is 4. The molecule has 1 aliphatic rings. The van der Waals surface area contributed by atoms with Gasteiger partial charge >= 0.3 is 11.9 Å². The van der Waals surface area contributed by atoms with E-state index in [-0.39, 0.29) is 11.0 Å². The third-order valence-corrected chi connectivity index (χ3v) is 4.72. The van der Waals surface area contributed by atoms with E-state index in [4.69, 9.17) is 4.74 Å². The summed E-state index contributed by atoms with van der Waals surface area (Å²) in [6.45, 7) is 0.700. The van der Waals surface area contributed by atoms with E-state index >= 15 is 0 Å². The van der Waals surface area contributed by atoms with Gasteiger partial charge in [-0.1, -0.05) is 6.92 Å². The highest BCUT2D eigenvalue weighted by Gasteiger charge is 2.49. The zero-order valence-electron chi connectivity index (χ0n) is 16.2. The first-order chi connectivity index (χ1) is 14.4. The Kier molecular flexibility index (Phi) is 5.94. The fraction of sp³-hybridized carbons (Fsp3) is 0.625. The topological polar surface area (TPSA) is 151 Å². The molecule has 1 aliphatic heterocycles. The van der Waals surface area contributed by atoms with Gasteiger partial charge in [-0.15, -0.1) is 0 Å². The molecule has 15 heteroatoms. The van der Waals surface area contributed by atoms with Gasteiger partial charge in [0, 0.05) is 6.92 Å². The number of H-pyrrole nitrogens is 1. The lowest BCUT2D eigenvalue weighted by Gasteiger charge is -2.18. The lowest BCUT2D eigenvalue weighted by Crippen LogP contribution is -2.36. The van der Waals surface area contributed by atoms with Gasteiger partial charge in [0.15, 0.2) is 23.6 Å². The van der Waals surface area contributed by atoms with Crippen molar-refractivity contribution in [3.63, 3.8) is 0 Å². The van der Waals surface area contributed by atoms with Crippen LogP contribution in [0.15, 0.2) is 9.59 Å². The van der Waals surface area contributed by atoms with Gasteiger partial charge in [-0.25, -0.2) is 13.8 Å². The Labute approximate surface area is 170 Å². The van der Waals surface area contributed by atoms with Crippen LogP contribution in [0.25, 0.3) is 11.2 Å². The number of fused-ring (bicyclic) bond motifs is 1. The molecule has 172 valence electrons. The van der Waals surface area contributed by atoms with E-state index in [1.54, 1.807) is 0 Å². The van der Waals surface area contributed by atoms with Gasteiger partial charge < -0.3 is 14.9 Å². The number of imidazole rings is 1. The molecule has 5 atom stereocenters. The molecular weight excluding hydrogens is 434 g/mol. The average Bonchev–Trinajstić information content (AvgIpc) is 3.07. The van der Waals surface area contributed by atoms with Crippen LogP contribution >= 0.6 is 0 Å². The van der Waals surface area contributed by atoms with E-state index < -0.39 is 77.7 Å². The van der Waals surface area contributed by atoms with Crippen LogP contribution in [-0.2, 0) is 16.1 Å². The number of rotatable bonds is 5. The minimum Gasteiger partial charge on any atom is -0.390 e. The maximum absolute atomic E-state index is 14.5. The number of carbonyl (C=O) groups is 1. The van der Waals surface area contributed by atoms with Crippen LogP contribution in [0, 0.1) is 0 Å². The lowest BCUT2D eigenvalue weighted by atomic mass is 10.1. The number of halogens is 4. The van der Waals surface area contributed by atoms with E-state index in [1.807, 2.05) is 4.98 Å². The second-order valence-electron chi connectivity index (χ2n) is 7.02. The number of ether oxygens (including phenoxy) is 1. The molecule has 0 saturated carbocycles. The van der Waals surface area contributed by atoms with Crippen molar-refractivity contribution in [2.45, 2.75) is 63.7 Å². The number of aromatic amines is 1. The normalized spacial score (nSPS) is 25.2. The Morgan fingerprint density at radius 2 is 2.03 bits per heavy atom. The minimum atomic E-state index is -4.91. The molecule has 1 saturated heterocycles. The van der Waals surface area contributed by atoms with E-state index in [0.29, 0.717) is 4.57 Å². The maximum atomic E-state index is 14.5. The third kappa shape index (κ3) is 4.20. The van der Waals surface area contributed by atoms with Gasteiger partial charge in [0.05, 0.1) is 6.10 Å². The second kappa shape index (κ2) is 8.05. The number of hydrogen-bond donors (Lipinski definition) is 4. The van der Waals surface area contributed by atoms with E-state index in [2.05, 4.69) is 10.3 Å². The molecule has 2 aromatic rings. The number of anilines is 1. The zero-order valence-corrected chi connectivity index (χ0v) is 16.2. The Morgan fingerprint density at radius 1 is 1.39 bits per heavy atom. The van der Waals surface area contributed by atoms with Crippen LogP contribution in [0.4, 0.5) is 23.5 Å². The van der Waals surface area contributed by atoms with Gasteiger partial charge in [-0.3, -0.25) is 24.5 Å². The highest BCUT2D eigenvalue weighted by Crippen LogP contribution is 2.34. The maximum Gasteiger partial charge on any atom is 0.406 e. The summed E-state index contributed by atoms with van der Waals surface area (Å²) in [5.74, 6) is -1.17. The molecule has 1 fully saturated rings.